The molecule has 1 atom stereocenters. The predicted octanol–water partition coefficient (Wildman–Crippen LogP) is 1.92. The molecule has 0 aromatic heterocycles. The molecular formula is C10H11O2. The van der Waals surface area contributed by atoms with Gasteiger partial charge in [-0.15, -0.1) is 0 Å². The summed E-state index contributed by atoms with van der Waals surface area (Å²) in [6, 6.07) is 8.83. The first-order chi connectivity index (χ1) is 5.86. The molecule has 0 amide bonds. The zero-order chi connectivity index (χ0) is 8.39. The second kappa shape index (κ2) is 3.15. The SMILES string of the molecule is Cc1ccc[c]c1OC1CCO1. The maximum absolute atomic E-state index is 5.50. The van der Waals surface area contributed by atoms with Crippen LogP contribution < -0.4 is 4.74 Å². The highest BCUT2D eigenvalue weighted by atomic mass is 16.7. The van der Waals surface area contributed by atoms with Crippen molar-refractivity contribution < 1.29 is 9.47 Å². The van der Waals surface area contributed by atoms with E-state index in [1.54, 1.807) is 0 Å². The Kier molecular flexibility index (Phi) is 2.00. The first kappa shape index (κ1) is 7.62. The minimum atomic E-state index is -0.0395. The third-order valence-electron chi connectivity index (χ3n) is 1.92. The average Bonchev–Trinajstić information content (AvgIpc) is 2.00. The van der Waals surface area contributed by atoms with Crippen molar-refractivity contribution in [2.45, 2.75) is 19.6 Å². The number of ether oxygens (including phenoxy) is 2. The Bertz CT molecular complexity index is 266. The van der Waals surface area contributed by atoms with Gasteiger partial charge >= 0.3 is 0 Å². The van der Waals surface area contributed by atoms with Gasteiger partial charge in [-0.25, -0.2) is 0 Å². The molecule has 0 N–H and O–H groups in total. The number of rotatable bonds is 2. The van der Waals surface area contributed by atoms with Crippen LogP contribution in [-0.2, 0) is 4.74 Å². The van der Waals surface area contributed by atoms with Crippen molar-refractivity contribution in [1.29, 1.82) is 0 Å². The van der Waals surface area contributed by atoms with Gasteiger partial charge in [-0.05, 0) is 12.5 Å². The highest BCUT2D eigenvalue weighted by molar-refractivity contribution is 5.30. The van der Waals surface area contributed by atoms with Crippen LogP contribution in [0.1, 0.15) is 12.0 Å². The summed E-state index contributed by atoms with van der Waals surface area (Å²) < 4.78 is 10.7. The van der Waals surface area contributed by atoms with Crippen molar-refractivity contribution >= 4 is 0 Å². The van der Waals surface area contributed by atoms with Gasteiger partial charge in [0.1, 0.15) is 5.75 Å². The minimum Gasteiger partial charge on any atom is -0.464 e. The Labute approximate surface area is 72.1 Å². The monoisotopic (exact) mass is 163 g/mol. The van der Waals surface area contributed by atoms with Crippen LogP contribution in [0.4, 0.5) is 0 Å². The van der Waals surface area contributed by atoms with Crippen LogP contribution in [0.3, 0.4) is 0 Å². The summed E-state index contributed by atoms with van der Waals surface area (Å²) in [5.74, 6) is 0.808. The van der Waals surface area contributed by atoms with Gasteiger partial charge in [-0.3, -0.25) is 0 Å². The zero-order valence-corrected chi connectivity index (χ0v) is 7.04. The molecular weight excluding hydrogens is 152 g/mol. The van der Waals surface area contributed by atoms with Crippen LogP contribution >= 0.6 is 0 Å². The van der Waals surface area contributed by atoms with Gasteiger partial charge in [0, 0.05) is 12.5 Å². The molecule has 0 bridgehead atoms. The standard InChI is InChI=1S/C10H11O2/c1-8-4-2-3-5-9(8)12-10-6-7-11-10/h2-4,10H,6-7H2,1H3. The van der Waals surface area contributed by atoms with Crippen molar-refractivity contribution in [3.8, 4) is 5.75 Å². The summed E-state index contributed by atoms with van der Waals surface area (Å²) in [5, 5.41) is 0. The molecule has 0 saturated carbocycles. The van der Waals surface area contributed by atoms with E-state index in [1.807, 2.05) is 25.1 Å². The van der Waals surface area contributed by atoms with E-state index in [9.17, 15) is 0 Å². The lowest BCUT2D eigenvalue weighted by molar-refractivity contribution is -0.165. The first-order valence-electron chi connectivity index (χ1n) is 4.12. The van der Waals surface area contributed by atoms with Gasteiger partial charge < -0.3 is 9.47 Å². The number of hydrogen-bond donors (Lipinski definition) is 0. The van der Waals surface area contributed by atoms with Gasteiger partial charge in [0.15, 0.2) is 0 Å². The Hall–Kier alpha value is -1.02. The van der Waals surface area contributed by atoms with Crippen molar-refractivity contribution in [3.05, 3.63) is 29.8 Å². The van der Waals surface area contributed by atoms with Crippen LogP contribution in [0.25, 0.3) is 0 Å². The molecule has 1 aliphatic heterocycles. The maximum Gasteiger partial charge on any atom is 0.202 e. The van der Waals surface area contributed by atoms with Crippen LogP contribution in [0.5, 0.6) is 5.75 Å². The van der Waals surface area contributed by atoms with E-state index in [2.05, 4.69) is 6.07 Å². The number of para-hydroxylation sites is 1. The maximum atomic E-state index is 5.50. The van der Waals surface area contributed by atoms with Crippen LogP contribution in [0.15, 0.2) is 18.2 Å². The molecule has 1 heterocycles. The second-order valence-electron chi connectivity index (χ2n) is 2.89. The highest BCUT2D eigenvalue weighted by Crippen LogP contribution is 2.21. The fourth-order valence-electron chi connectivity index (χ4n) is 1.07. The summed E-state index contributed by atoms with van der Waals surface area (Å²) in [6.07, 6.45) is 0.949. The molecule has 1 unspecified atom stereocenters. The fraction of sp³-hybridized carbons (Fsp3) is 0.400. The Morgan fingerprint density at radius 3 is 3.08 bits per heavy atom. The van der Waals surface area contributed by atoms with Gasteiger partial charge in [-0.2, -0.15) is 0 Å². The largest absolute Gasteiger partial charge is 0.464 e. The summed E-state index contributed by atoms with van der Waals surface area (Å²) >= 11 is 0. The fourth-order valence-corrected chi connectivity index (χ4v) is 1.07. The van der Waals surface area contributed by atoms with E-state index in [-0.39, 0.29) is 6.29 Å². The summed E-state index contributed by atoms with van der Waals surface area (Å²) in [6.45, 7) is 2.82. The van der Waals surface area contributed by atoms with Crippen molar-refractivity contribution in [2.24, 2.45) is 0 Å². The van der Waals surface area contributed by atoms with Gasteiger partial charge in [0.05, 0.1) is 6.61 Å². The molecule has 0 spiro atoms. The van der Waals surface area contributed by atoms with E-state index < -0.39 is 0 Å². The third-order valence-corrected chi connectivity index (χ3v) is 1.92. The van der Waals surface area contributed by atoms with Gasteiger partial charge in [0.25, 0.3) is 0 Å². The Balaban J connectivity index is 2.06. The number of benzene rings is 1. The number of aryl methyl sites for hydroxylation is 1. The highest BCUT2D eigenvalue weighted by Gasteiger charge is 2.20. The van der Waals surface area contributed by atoms with Crippen LogP contribution in [-0.4, -0.2) is 12.9 Å². The summed E-state index contributed by atoms with van der Waals surface area (Å²) in [7, 11) is 0. The van der Waals surface area contributed by atoms with E-state index >= 15 is 0 Å². The summed E-state index contributed by atoms with van der Waals surface area (Å²) in [4.78, 5) is 0. The van der Waals surface area contributed by atoms with Crippen molar-refractivity contribution in [1.82, 2.24) is 0 Å². The Morgan fingerprint density at radius 1 is 1.67 bits per heavy atom. The molecule has 1 saturated heterocycles. The van der Waals surface area contributed by atoms with Crippen molar-refractivity contribution in [3.63, 3.8) is 0 Å². The molecule has 2 heteroatoms. The zero-order valence-electron chi connectivity index (χ0n) is 7.04. The predicted molar refractivity (Wildman–Crippen MR) is 45.0 cm³/mol. The average molecular weight is 163 g/mol. The number of hydrogen-bond acceptors (Lipinski definition) is 2. The van der Waals surface area contributed by atoms with Gasteiger partial charge in [-0.1, -0.05) is 18.2 Å². The molecule has 1 aromatic rings. The van der Waals surface area contributed by atoms with Gasteiger partial charge in [0.2, 0.25) is 6.29 Å². The molecule has 1 fully saturated rings. The molecule has 1 aromatic carbocycles. The first-order valence-corrected chi connectivity index (χ1v) is 4.12. The topological polar surface area (TPSA) is 18.5 Å². The van der Waals surface area contributed by atoms with E-state index in [1.165, 1.54) is 0 Å². The van der Waals surface area contributed by atoms with E-state index in [0.29, 0.717) is 0 Å². The lowest BCUT2D eigenvalue weighted by Gasteiger charge is -2.27. The Morgan fingerprint density at radius 2 is 2.50 bits per heavy atom. The minimum absolute atomic E-state index is 0.0395. The molecule has 63 valence electrons. The third kappa shape index (κ3) is 1.43. The molecule has 1 radical (unpaired) electrons. The molecule has 2 rings (SSSR count). The molecule has 2 nitrogen and oxygen atoms in total. The lowest BCUT2D eigenvalue weighted by Crippen LogP contribution is -2.32. The van der Waals surface area contributed by atoms with Crippen LogP contribution in [0.2, 0.25) is 0 Å². The van der Waals surface area contributed by atoms with E-state index in [0.717, 1.165) is 24.3 Å². The van der Waals surface area contributed by atoms with Crippen molar-refractivity contribution in [2.75, 3.05) is 6.61 Å². The van der Waals surface area contributed by atoms with E-state index in [4.69, 9.17) is 9.47 Å². The lowest BCUT2D eigenvalue weighted by atomic mass is 10.2. The second-order valence-corrected chi connectivity index (χ2v) is 2.89. The smallest absolute Gasteiger partial charge is 0.202 e. The van der Waals surface area contributed by atoms with Crippen LogP contribution in [0, 0.1) is 13.0 Å². The normalized spacial score (nSPS) is 21.6. The summed E-state index contributed by atoms with van der Waals surface area (Å²) in [5.41, 5.74) is 1.10. The molecule has 1 aliphatic rings. The molecule has 12 heavy (non-hydrogen) atoms. The quantitative estimate of drug-likeness (QED) is 0.663. The molecule has 0 aliphatic carbocycles.